The van der Waals surface area contributed by atoms with Gasteiger partial charge in [0, 0.05) is 36.9 Å². The lowest BCUT2D eigenvalue weighted by Gasteiger charge is -2.20. The molecule has 3 nitrogen and oxygen atoms in total. The van der Waals surface area contributed by atoms with Gasteiger partial charge >= 0.3 is 0 Å². The lowest BCUT2D eigenvalue weighted by molar-refractivity contribution is 0.264. The minimum Gasteiger partial charge on any atom is -0.312 e. The second-order valence-corrected chi connectivity index (χ2v) is 6.39. The third-order valence-electron chi connectivity index (χ3n) is 4.57. The zero-order valence-corrected chi connectivity index (χ0v) is 13.0. The van der Waals surface area contributed by atoms with E-state index in [1.54, 1.807) is 0 Å². The van der Waals surface area contributed by atoms with Gasteiger partial charge in [0.25, 0.3) is 0 Å². The first-order valence-electron chi connectivity index (χ1n) is 8.00. The fourth-order valence-corrected chi connectivity index (χ4v) is 3.25. The number of fused-ring (bicyclic) bond motifs is 1. The average Bonchev–Trinajstić information content (AvgIpc) is 2.97. The van der Waals surface area contributed by atoms with E-state index < -0.39 is 0 Å². The third kappa shape index (κ3) is 3.42. The van der Waals surface area contributed by atoms with E-state index in [9.17, 15) is 0 Å². The Morgan fingerprint density at radius 2 is 2.24 bits per heavy atom. The molecule has 1 aliphatic rings. The van der Waals surface area contributed by atoms with E-state index in [0.29, 0.717) is 6.04 Å². The summed E-state index contributed by atoms with van der Waals surface area (Å²) in [5.41, 5.74) is 1.37. The van der Waals surface area contributed by atoms with E-state index in [1.165, 1.54) is 35.8 Å². The average molecular weight is 283 g/mol. The van der Waals surface area contributed by atoms with E-state index in [0.717, 1.165) is 19.0 Å². The largest absolute Gasteiger partial charge is 0.312 e. The molecule has 3 heteroatoms. The van der Waals surface area contributed by atoms with Crippen molar-refractivity contribution in [3.05, 3.63) is 42.2 Å². The molecule has 1 saturated heterocycles. The van der Waals surface area contributed by atoms with E-state index >= 15 is 0 Å². The molecule has 1 aliphatic heterocycles. The fraction of sp³-hybridized carbons (Fsp3) is 0.500. The summed E-state index contributed by atoms with van der Waals surface area (Å²) in [7, 11) is 0. The second kappa shape index (κ2) is 6.54. The van der Waals surface area contributed by atoms with Crippen LogP contribution < -0.4 is 5.32 Å². The van der Waals surface area contributed by atoms with Crippen molar-refractivity contribution in [1.29, 1.82) is 0 Å². The number of benzene rings is 1. The van der Waals surface area contributed by atoms with Crippen molar-refractivity contribution >= 4 is 10.8 Å². The first kappa shape index (κ1) is 14.5. The summed E-state index contributed by atoms with van der Waals surface area (Å²) in [4.78, 5) is 6.78. The minimum atomic E-state index is 0.681. The molecule has 0 radical (unpaired) electrons. The third-order valence-corrected chi connectivity index (χ3v) is 4.57. The Morgan fingerprint density at radius 3 is 3.05 bits per heavy atom. The maximum absolute atomic E-state index is 4.20. The fourth-order valence-electron chi connectivity index (χ4n) is 3.25. The van der Waals surface area contributed by atoms with E-state index in [1.807, 2.05) is 12.4 Å². The van der Waals surface area contributed by atoms with Crippen LogP contribution >= 0.6 is 0 Å². The Bertz CT molecular complexity index is 589. The molecular formula is C18H25N3. The molecule has 1 aromatic carbocycles. The maximum atomic E-state index is 4.20. The van der Waals surface area contributed by atoms with Gasteiger partial charge in [0.05, 0.1) is 0 Å². The summed E-state index contributed by atoms with van der Waals surface area (Å²) in [5.74, 6) is 0.795. The molecular weight excluding hydrogens is 258 g/mol. The zero-order chi connectivity index (χ0) is 14.7. The number of nitrogens with zero attached hydrogens (tertiary/aromatic N) is 2. The number of hydrogen-bond acceptors (Lipinski definition) is 3. The molecule has 21 heavy (non-hydrogen) atoms. The van der Waals surface area contributed by atoms with Gasteiger partial charge in [-0.25, -0.2) is 0 Å². The molecule has 1 atom stereocenters. The molecule has 1 N–H and O–H groups in total. The smallest absolute Gasteiger partial charge is 0.0346 e. The summed E-state index contributed by atoms with van der Waals surface area (Å²) in [6.07, 6.45) is 5.14. The predicted molar refractivity (Wildman–Crippen MR) is 88.3 cm³/mol. The van der Waals surface area contributed by atoms with Gasteiger partial charge in [-0.2, -0.15) is 0 Å². The normalized spacial score (nSPS) is 19.7. The molecule has 0 amide bonds. The molecule has 0 aliphatic carbocycles. The predicted octanol–water partition coefficient (Wildman–Crippen LogP) is 3.05. The Kier molecular flexibility index (Phi) is 4.51. The SMILES string of the molecule is CC(C)N1CCC(CNCc2cccc3cnccc23)C1. The molecule has 0 spiro atoms. The monoisotopic (exact) mass is 283 g/mol. The van der Waals surface area contributed by atoms with Crippen LogP contribution in [0.3, 0.4) is 0 Å². The van der Waals surface area contributed by atoms with Crippen LogP contribution in [0.2, 0.25) is 0 Å². The number of pyridine rings is 1. The number of aromatic nitrogens is 1. The molecule has 0 saturated carbocycles. The highest BCUT2D eigenvalue weighted by Gasteiger charge is 2.23. The van der Waals surface area contributed by atoms with Crippen LogP contribution in [0.25, 0.3) is 10.8 Å². The van der Waals surface area contributed by atoms with Crippen LogP contribution in [0.1, 0.15) is 25.8 Å². The second-order valence-electron chi connectivity index (χ2n) is 6.39. The molecule has 2 aromatic rings. The highest BCUT2D eigenvalue weighted by Crippen LogP contribution is 2.19. The summed E-state index contributed by atoms with van der Waals surface area (Å²) in [6, 6.07) is 9.26. The van der Waals surface area contributed by atoms with Crippen LogP contribution in [0.15, 0.2) is 36.7 Å². The maximum Gasteiger partial charge on any atom is 0.0346 e. The summed E-state index contributed by atoms with van der Waals surface area (Å²) in [6.45, 7) is 9.14. The summed E-state index contributed by atoms with van der Waals surface area (Å²) in [5, 5.41) is 6.19. The Labute approximate surface area is 127 Å². The first-order valence-corrected chi connectivity index (χ1v) is 8.00. The van der Waals surface area contributed by atoms with E-state index in [-0.39, 0.29) is 0 Å². The Balaban J connectivity index is 1.56. The van der Waals surface area contributed by atoms with Gasteiger partial charge in [-0.3, -0.25) is 4.98 Å². The number of hydrogen-bond donors (Lipinski definition) is 1. The molecule has 0 bridgehead atoms. The summed E-state index contributed by atoms with van der Waals surface area (Å²) >= 11 is 0. The van der Waals surface area contributed by atoms with Gasteiger partial charge in [0.1, 0.15) is 0 Å². The topological polar surface area (TPSA) is 28.2 Å². The van der Waals surface area contributed by atoms with Crippen molar-refractivity contribution in [1.82, 2.24) is 15.2 Å². The molecule has 1 fully saturated rings. The van der Waals surface area contributed by atoms with Crippen LogP contribution in [0, 0.1) is 5.92 Å². The molecule has 1 unspecified atom stereocenters. The van der Waals surface area contributed by atoms with E-state index in [2.05, 4.69) is 53.3 Å². The highest BCUT2D eigenvalue weighted by molar-refractivity contribution is 5.84. The lowest BCUT2D eigenvalue weighted by Crippen LogP contribution is -2.30. The Hall–Kier alpha value is -1.45. The molecule has 3 rings (SSSR count). The van der Waals surface area contributed by atoms with Crippen molar-refractivity contribution in [3.8, 4) is 0 Å². The standard InChI is InChI=1S/C18H25N3/c1-14(2)21-9-7-15(13-21)10-20-12-17-5-3-4-16-11-19-8-6-18(16)17/h3-6,8,11,14-15,20H,7,9-10,12-13H2,1-2H3. The van der Waals surface area contributed by atoms with Gasteiger partial charge in [0.2, 0.25) is 0 Å². The van der Waals surface area contributed by atoms with Crippen LogP contribution in [0.5, 0.6) is 0 Å². The molecule has 112 valence electrons. The van der Waals surface area contributed by atoms with Crippen molar-refractivity contribution in [2.24, 2.45) is 5.92 Å². The Morgan fingerprint density at radius 1 is 1.33 bits per heavy atom. The van der Waals surface area contributed by atoms with Gasteiger partial charge < -0.3 is 10.2 Å². The minimum absolute atomic E-state index is 0.681. The van der Waals surface area contributed by atoms with Crippen molar-refractivity contribution < 1.29 is 0 Å². The van der Waals surface area contributed by atoms with E-state index in [4.69, 9.17) is 0 Å². The number of nitrogens with one attached hydrogen (secondary N) is 1. The number of rotatable bonds is 5. The highest BCUT2D eigenvalue weighted by atomic mass is 15.2. The van der Waals surface area contributed by atoms with Crippen LogP contribution in [0.4, 0.5) is 0 Å². The van der Waals surface area contributed by atoms with Crippen molar-refractivity contribution in [2.45, 2.75) is 32.9 Å². The van der Waals surface area contributed by atoms with Crippen LogP contribution in [-0.2, 0) is 6.54 Å². The first-order chi connectivity index (χ1) is 10.2. The quantitative estimate of drug-likeness (QED) is 0.914. The van der Waals surface area contributed by atoms with Gasteiger partial charge in [0.15, 0.2) is 0 Å². The van der Waals surface area contributed by atoms with Gasteiger partial charge in [-0.1, -0.05) is 18.2 Å². The lowest BCUT2D eigenvalue weighted by atomic mass is 10.1. The van der Waals surface area contributed by atoms with Crippen molar-refractivity contribution in [3.63, 3.8) is 0 Å². The van der Waals surface area contributed by atoms with Crippen molar-refractivity contribution in [2.75, 3.05) is 19.6 Å². The van der Waals surface area contributed by atoms with Crippen LogP contribution in [-0.4, -0.2) is 35.6 Å². The van der Waals surface area contributed by atoms with Gasteiger partial charge in [-0.05, 0) is 56.3 Å². The molecule has 1 aromatic heterocycles. The summed E-state index contributed by atoms with van der Waals surface area (Å²) < 4.78 is 0. The molecule has 2 heterocycles. The van der Waals surface area contributed by atoms with Gasteiger partial charge in [-0.15, -0.1) is 0 Å². The number of likely N-dealkylation sites (tertiary alicyclic amines) is 1. The zero-order valence-electron chi connectivity index (χ0n) is 13.0.